The van der Waals surface area contributed by atoms with Gasteiger partial charge in [0.1, 0.15) is 0 Å². The monoisotopic (exact) mass is 339 g/mol. The molecule has 1 heterocycles. The number of carbonyl (C=O) groups is 1. The molecule has 0 radical (unpaired) electrons. The van der Waals surface area contributed by atoms with Gasteiger partial charge in [-0.2, -0.15) is 18.2 Å². The zero-order valence-corrected chi connectivity index (χ0v) is 13.2. The molecule has 24 heavy (non-hydrogen) atoms. The largest absolute Gasteiger partial charge is 0.471 e. The molecule has 2 unspecified atom stereocenters. The summed E-state index contributed by atoms with van der Waals surface area (Å²) in [6, 6.07) is 6.69. The number of hydrogen-bond donors (Lipinski definition) is 0. The van der Waals surface area contributed by atoms with Gasteiger partial charge in [-0.25, -0.2) is 0 Å². The van der Waals surface area contributed by atoms with Crippen molar-refractivity contribution >= 4 is 5.91 Å². The molecule has 1 aliphatic rings. The van der Waals surface area contributed by atoms with E-state index in [4.69, 9.17) is 0 Å². The molecule has 8 heteroatoms. The molecule has 1 saturated carbocycles. The van der Waals surface area contributed by atoms with Gasteiger partial charge in [0.2, 0.25) is 11.7 Å². The van der Waals surface area contributed by atoms with Crippen molar-refractivity contribution in [2.45, 2.75) is 26.1 Å². The molecule has 1 amide bonds. The summed E-state index contributed by atoms with van der Waals surface area (Å²) in [5, 5.41) is 3.34. The summed E-state index contributed by atoms with van der Waals surface area (Å²) in [6.07, 6.45) is -3.73. The summed E-state index contributed by atoms with van der Waals surface area (Å²) in [4.78, 5) is 17.1. The highest BCUT2D eigenvalue weighted by atomic mass is 19.4. The van der Waals surface area contributed by atoms with E-state index < -0.39 is 12.1 Å². The predicted octanol–water partition coefficient (Wildman–Crippen LogP) is 3.37. The minimum Gasteiger partial charge on any atom is -0.341 e. The molecule has 3 rings (SSSR count). The van der Waals surface area contributed by atoms with Gasteiger partial charge in [0.15, 0.2) is 0 Å². The Morgan fingerprint density at radius 3 is 2.46 bits per heavy atom. The van der Waals surface area contributed by atoms with Crippen molar-refractivity contribution in [1.82, 2.24) is 15.0 Å². The van der Waals surface area contributed by atoms with Crippen LogP contribution < -0.4 is 0 Å². The lowest BCUT2D eigenvalue weighted by atomic mass is 10.1. The van der Waals surface area contributed by atoms with E-state index in [0.29, 0.717) is 18.0 Å². The van der Waals surface area contributed by atoms with Crippen molar-refractivity contribution in [2.75, 3.05) is 7.05 Å². The Bertz CT molecular complexity index is 740. The van der Waals surface area contributed by atoms with E-state index in [-0.39, 0.29) is 17.6 Å². The van der Waals surface area contributed by atoms with E-state index in [1.807, 2.05) is 6.92 Å². The first kappa shape index (κ1) is 16.5. The molecule has 0 bridgehead atoms. The van der Waals surface area contributed by atoms with E-state index in [1.54, 1.807) is 36.2 Å². The molecule has 0 spiro atoms. The Morgan fingerprint density at radius 2 is 1.96 bits per heavy atom. The Kier molecular flexibility index (Phi) is 4.06. The highest BCUT2D eigenvalue weighted by molar-refractivity contribution is 5.81. The van der Waals surface area contributed by atoms with Crippen LogP contribution in [-0.4, -0.2) is 28.0 Å². The lowest BCUT2D eigenvalue weighted by molar-refractivity contribution is -0.159. The molecule has 0 saturated heterocycles. The average Bonchev–Trinajstić information content (AvgIpc) is 3.04. The summed E-state index contributed by atoms with van der Waals surface area (Å²) < 4.78 is 41.6. The van der Waals surface area contributed by atoms with Crippen LogP contribution >= 0.6 is 0 Å². The van der Waals surface area contributed by atoms with Crippen LogP contribution in [0.1, 0.15) is 24.8 Å². The standard InChI is InChI=1S/C16H16F3N3O2/c1-9-7-12(9)14(23)22(2)8-10-3-5-11(6-4-10)13-20-15(24-21-13)16(17,18)19/h3-6,9,12H,7-8H2,1-2H3. The van der Waals surface area contributed by atoms with Crippen molar-refractivity contribution in [3.8, 4) is 11.4 Å². The lowest BCUT2D eigenvalue weighted by Gasteiger charge is -2.17. The predicted molar refractivity (Wildman–Crippen MR) is 78.5 cm³/mol. The summed E-state index contributed by atoms with van der Waals surface area (Å²) in [5.41, 5.74) is 1.30. The number of carbonyl (C=O) groups excluding carboxylic acids is 1. The van der Waals surface area contributed by atoms with Gasteiger partial charge in [-0.05, 0) is 17.9 Å². The normalized spacial score (nSPS) is 20.0. The molecule has 0 aliphatic heterocycles. The van der Waals surface area contributed by atoms with Crippen molar-refractivity contribution in [3.05, 3.63) is 35.7 Å². The number of alkyl halides is 3. The second-order valence-corrected chi connectivity index (χ2v) is 6.13. The highest BCUT2D eigenvalue weighted by Gasteiger charge is 2.40. The van der Waals surface area contributed by atoms with Crippen LogP contribution in [0.15, 0.2) is 28.8 Å². The zero-order valence-electron chi connectivity index (χ0n) is 13.2. The third-order valence-electron chi connectivity index (χ3n) is 4.10. The van der Waals surface area contributed by atoms with Gasteiger partial charge in [-0.3, -0.25) is 4.79 Å². The Morgan fingerprint density at radius 1 is 1.33 bits per heavy atom. The molecule has 2 aromatic rings. The van der Waals surface area contributed by atoms with Gasteiger partial charge in [-0.15, -0.1) is 0 Å². The number of rotatable bonds is 4. The smallest absolute Gasteiger partial charge is 0.341 e. The minimum absolute atomic E-state index is 0.120. The summed E-state index contributed by atoms with van der Waals surface area (Å²) in [5.74, 6) is -0.798. The molecule has 0 N–H and O–H groups in total. The molecule has 5 nitrogen and oxygen atoms in total. The second kappa shape index (κ2) is 5.92. The molecule has 128 valence electrons. The Labute approximate surface area is 136 Å². The van der Waals surface area contributed by atoms with Crippen LogP contribution in [0.2, 0.25) is 0 Å². The molecule has 1 aromatic heterocycles. The van der Waals surface area contributed by atoms with Crippen LogP contribution in [0.25, 0.3) is 11.4 Å². The topological polar surface area (TPSA) is 59.2 Å². The summed E-state index contributed by atoms with van der Waals surface area (Å²) in [7, 11) is 1.75. The van der Waals surface area contributed by atoms with E-state index >= 15 is 0 Å². The summed E-state index contributed by atoms with van der Waals surface area (Å²) in [6.45, 7) is 2.49. The lowest BCUT2D eigenvalue weighted by Crippen LogP contribution is -2.28. The Balaban J connectivity index is 1.67. The molecule has 1 fully saturated rings. The fourth-order valence-electron chi connectivity index (χ4n) is 2.52. The quantitative estimate of drug-likeness (QED) is 0.857. The van der Waals surface area contributed by atoms with E-state index in [0.717, 1.165) is 12.0 Å². The van der Waals surface area contributed by atoms with Gasteiger partial charge in [0.05, 0.1) is 0 Å². The van der Waals surface area contributed by atoms with Gasteiger partial charge in [0, 0.05) is 25.1 Å². The van der Waals surface area contributed by atoms with Crippen molar-refractivity contribution in [1.29, 1.82) is 0 Å². The first-order chi connectivity index (χ1) is 11.3. The molecule has 2 atom stereocenters. The van der Waals surface area contributed by atoms with Crippen LogP contribution in [0, 0.1) is 11.8 Å². The highest BCUT2D eigenvalue weighted by Crippen LogP contribution is 2.39. The Hall–Kier alpha value is -2.38. The zero-order chi connectivity index (χ0) is 17.5. The van der Waals surface area contributed by atoms with E-state index in [9.17, 15) is 18.0 Å². The molecular weight excluding hydrogens is 323 g/mol. The minimum atomic E-state index is -4.66. The number of halogens is 3. The maximum absolute atomic E-state index is 12.5. The first-order valence-electron chi connectivity index (χ1n) is 7.51. The molecule has 1 aromatic carbocycles. The maximum Gasteiger partial charge on any atom is 0.471 e. The molecular formula is C16H16F3N3O2. The van der Waals surface area contributed by atoms with Crippen LogP contribution in [0.5, 0.6) is 0 Å². The average molecular weight is 339 g/mol. The SMILES string of the molecule is CC1CC1C(=O)N(C)Cc1ccc(-c2noc(C(F)(F)F)n2)cc1. The van der Waals surface area contributed by atoms with E-state index in [2.05, 4.69) is 14.7 Å². The maximum atomic E-state index is 12.5. The van der Waals surface area contributed by atoms with Crippen LogP contribution in [-0.2, 0) is 17.5 Å². The third-order valence-corrected chi connectivity index (χ3v) is 4.10. The van der Waals surface area contributed by atoms with Gasteiger partial charge in [0.25, 0.3) is 0 Å². The number of hydrogen-bond acceptors (Lipinski definition) is 4. The fourth-order valence-corrected chi connectivity index (χ4v) is 2.52. The number of amides is 1. The number of nitrogens with zero attached hydrogens (tertiary/aromatic N) is 3. The van der Waals surface area contributed by atoms with Crippen LogP contribution in [0.4, 0.5) is 13.2 Å². The third kappa shape index (κ3) is 3.42. The summed E-state index contributed by atoms with van der Waals surface area (Å²) >= 11 is 0. The second-order valence-electron chi connectivity index (χ2n) is 6.13. The first-order valence-corrected chi connectivity index (χ1v) is 7.51. The van der Waals surface area contributed by atoms with E-state index in [1.165, 1.54) is 0 Å². The van der Waals surface area contributed by atoms with Gasteiger partial charge in [-0.1, -0.05) is 36.3 Å². The van der Waals surface area contributed by atoms with Gasteiger partial charge < -0.3 is 9.42 Å². The van der Waals surface area contributed by atoms with Crippen molar-refractivity contribution in [3.63, 3.8) is 0 Å². The van der Waals surface area contributed by atoms with Crippen molar-refractivity contribution < 1.29 is 22.5 Å². The fraction of sp³-hybridized carbons (Fsp3) is 0.438. The number of aromatic nitrogens is 2. The molecule has 1 aliphatic carbocycles. The van der Waals surface area contributed by atoms with Gasteiger partial charge >= 0.3 is 12.1 Å². The van der Waals surface area contributed by atoms with Crippen molar-refractivity contribution in [2.24, 2.45) is 11.8 Å². The van der Waals surface area contributed by atoms with Crippen LogP contribution in [0.3, 0.4) is 0 Å². The number of benzene rings is 1.